The Hall–Kier alpha value is -4.74. The molecule has 11 nitrogen and oxygen atoms in total. The Morgan fingerprint density at radius 2 is 1.75 bits per heavy atom. The molecule has 0 saturated carbocycles. The Bertz CT molecular complexity index is 1920. The van der Waals surface area contributed by atoms with Gasteiger partial charge in [0.25, 0.3) is 0 Å². The molecule has 2 aliphatic heterocycles. The van der Waals surface area contributed by atoms with Crippen molar-refractivity contribution in [1.82, 2.24) is 30.1 Å². The van der Waals surface area contributed by atoms with Crippen LogP contribution in [0.4, 0.5) is 16.4 Å². The van der Waals surface area contributed by atoms with Gasteiger partial charge in [-0.25, -0.2) is 4.79 Å². The molecule has 5 N–H and O–H groups in total. The molecule has 3 atom stereocenters. The van der Waals surface area contributed by atoms with Crippen LogP contribution in [0.25, 0.3) is 5.65 Å². The van der Waals surface area contributed by atoms with E-state index in [1.165, 1.54) is 24.8 Å². The minimum atomic E-state index is -0.362. The quantitative estimate of drug-likeness (QED) is 0.107. The number of fused-ring (bicyclic) bond motifs is 2. The molecule has 52 heavy (non-hydrogen) atoms. The molecule has 3 unspecified atom stereocenters. The Kier molecular flexibility index (Phi) is 10.6. The first-order valence-electron chi connectivity index (χ1n) is 19.0. The first-order valence-corrected chi connectivity index (χ1v) is 19.0. The van der Waals surface area contributed by atoms with Gasteiger partial charge in [0.1, 0.15) is 17.5 Å². The van der Waals surface area contributed by atoms with Gasteiger partial charge < -0.3 is 20.4 Å². The Labute approximate surface area is 307 Å². The van der Waals surface area contributed by atoms with Gasteiger partial charge in [-0.15, -0.1) is 10.2 Å². The van der Waals surface area contributed by atoms with Crippen LogP contribution in [0.2, 0.25) is 0 Å². The van der Waals surface area contributed by atoms with Crippen LogP contribution in [0, 0.1) is 10.8 Å². The standard InChI is InChI=1S/C41H53N9O2/c1-28-12-7-8-23-49(28)40-47-46-38-20-17-31(27-50(38)40)52-35-19-18-34(32-15-5-6-16-33(32)35)44-39(51)45-37(25-36(42)41(2,3)4)43-30-14-11-13-29(24-30)26-48-21-9-10-22-48/h5-6,11,13-17,20,24-25,27-28,34-35,42-43H,7-10,12,18-19,21-23,26H2,1-4H3,(H2,44,45,51)/p+1. The second-order valence-corrected chi connectivity index (χ2v) is 15.7. The molecule has 0 spiro atoms. The van der Waals surface area contributed by atoms with Crippen LogP contribution < -0.4 is 25.6 Å². The van der Waals surface area contributed by atoms with Gasteiger partial charge in [0, 0.05) is 42.4 Å². The number of pyridine rings is 1. The minimum Gasteiger partial charge on any atom is -0.484 e. The second kappa shape index (κ2) is 15.5. The first-order chi connectivity index (χ1) is 25.1. The maximum absolute atomic E-state index is 13.7. The number of urea groups is 1. The number of anilines is 1. The summed E-state index contributed by atoms with van der Waals surface area (Å²) in [6.45, 7) is 12.5. The number of carbonyl (C=O) groups is 1. The molecular formula is C41H54N9O2+. The number of benzene rings is 2. The van der Waals surface area contributed by atoms with Crippen molar-refractivity contribution in [2.45, 2.75) is 97.4 Å². The molecule has 0 radical (unpaired) electrons. The van der Waals surface area contributed by atoms with Gasteiger partial charge >= 0.3 is 6.03 Å². The van der Waals surface area contributed by atoms with Gasteiger partial charge in [-0.3, -0.25) is 19.9 Å². The fourth-order valence-corrected chi connectivity index (χ4v) is 7.68. The summed E-state index contributed by atoms with van der Waals surface area (Å²) in [7, 11) is 0. The van der Waals surface area contributed by atoms with E-state index in [9.17, 15) is 4.79 Å². The number of nitrogens with one attached hydrogen (secondary N) is 3. The van der Waals surface area contributed by atoms with Crippen LogP contribution in [-0.2, 0) is 6.54 Å². The number of nitrogens with two attached hydrogens (primary N) is 1. The van der Waals surface area contributed by atoms with E-state index in [0.29, 0.717) is 17.6 Å². The van der Waals surface area contributed by atoms with Crippen molar-refractivity contribution in [3.8, 4) is 5.75 Å². The maximum Gasteiger partial charge on any atom is 0.323 e. The summed E-state index contributed by atoms with van der Waals surface area (Å²) in [5.74, 6) is 2.21. The van der Waals surface area contributed by atoms with Crippen LogP contribution >= 0.6 is 0 Å². The number of nitrogens with zero attached hydrogens (tertiary/aromatic N) is 5. The second-order valence-electron chi connectivity index (χ2n) is 15.7. The molecule has 7 rings (SSSR count). The van der Waals surface area contributed by atoms with Gasteiger partial charge in [-0.2, -0.15) is 0 Å². The number of allylic oxidation sites excluding steroid dienone is 1. The molecule has 4 aromatic rings. The molecule has 3 aliphatic rings. The van der Waals surface area contributed by atoms with Crippen molar-refractivity contribution in [1.29, 1.82) is 5.41 Å². The van der Waals surface area contributed by atoms with Crippen LogP contribution in [0.15, 0.2) is 78.8 Å². The van der Waals surface area contributed by atoms with E-state index in [2.05, 4.69) is 74.0 Å². The number of hydrogen-bond acceptors (Lipinski definition) is 7. The summed E-state index contributed by atoms with van der Waals surface area (Å²) in [5.41, 5.74) is 5.25. The molecule has 2 amide bonds. The summed E-state index contributed by atoms with van der Waals surface area (Å²) in [4.78, 5) is 18.5. The number of rotatable bonds is 10. The van der Waals surface area contributed by atoms with Crippen LogP contribution in [0.5, 0.6) is 5.75 Å². The van der Waals surface area contributed by atoms with E-state index in [-0.39, 0.29) is 23.6 Å². The Balaban J connectivity index is 1.05. The van der Waals surface area contributed by atoms with E-state index in [1.54, 1.807) is 6.08 Å². The highest BCUT2D eigenvalue weighted by molar-refractivity contribution is 5.97. The molecule has 4 heterocycles. The zero-order valence-electron chi connectivity index (χ0n) is 31.1. The topological polar surface area (TPSA) is 127 Å². The fraction of sp³-hybridized carbons (Fsp3) is 0.463. The number of carbonyl (C=O) groups excluding carboxylic acids is 1. The summed E-state index contributed by atoms with van der Waals surface area (Å²) >= 11 is 0. The normalized spacial score (nSPS) is 21.2. The predicted molar refractivity (Wildman–Crippen MR) is 205 cm³/mol. The molecular weight excluding hydrogens is 651 g/mol. The summed E-state index contributed by atoms with van der Waals surface area (Å²) < 4.78 is 8.72. The lowest BCUT2D eigenvalue weighted by atomic mass is 9.85. The lowest BCUT2D eigenvalue weighted by Gasteiger charge is -2.33. The van der Waals surface area contributed by atoms with Crippen molar-refractivity contribution in [2.75, 3.05) is 24.5 Å². The lowest BCUT2D eigenvalue weighted by molar-refractivity contribution is -0.522. The van der Waals surface area contributed by atoms with E-state index in [4.69, 9.17) is 10.1 Å². The third-order valence-corrected chi connectivity index (χ3v) is 10.7. The van der Waals surface area contributed by atoms with Gasteiger partial charge in [0.05, 0.1) is 12.2 Å². The summed E-state index contributed by atoms with van der Waals surface area (Å²) in [5, 5.41) is 26.0. The van der Waals surface area contributed by atoms with Gasteiger partial charge in [-0.1, -0.05) is 57.2 Å². The van der Waals surface area contributed by atoms with Crippen LogP contribution in [0.1, 0.15) is 101 Å². The molecule has 2 fully saturated rings. The minimum absolute atomic E-state index is 0.160. The van der Waals surface area contributed by atoms with Crippen molar-refractivity contribution >= 4 is 29.0 Å². The zero-order chi connectivity index (χ0) is 36.2. The molecule has 2 saturated heterocycles. The van der Waals surface area contributed by atoms with Crippen molar-refractivity contribution in [3.63, 3.8) is 0 Å². The largest absolute Gasteiger partial charge is 0.484 e. The summed E-state index contributed by atoms with van der Waals surface area (Å²) in [6.07, 6.45) is 11.1. The van der Waals surface area contributed by atoms with Gasteiger partial charge in [-0.05, 0) is 99.8 Å². The lowest BCUT2D eigenvalue weighted by Crippen LogP contribution is -2.79. The molecule has 2 aromatic carbocycles. The van der Waals surface area contributed by atoms with E-state index in [0.717, 1.165) is 86.0 Å². The molecule has 1 aliphatic carbocycles. The number of ether oxygens (including phenoxy) is 1. The van der Waals surface area contributed by atoms with Crippen LogP contribution in [-0.4, -0.2) is 56.9 Å². The number of piperidine rings is 1. The van der Waals surface area contributed by atoms with Crippen LogP contribution in [0.3, 0.4) is 0 Å². The highest BCUT2D eigenvalue weighted by Crippen LogP contribution is 2.39. The van der Waals surface area contributed by atoms with Crippen molar-refractivity contribution in [2.24, 2.45) is 5.41 Å². The molecule has 0 bridgehead atoms. The highest BCUT2D eigenvalue weighted by atomic mass is 16.5. The number of quaternary nitrogens is 1. The number of aromatic nitrogens is 3. The van der Waals surface area contributed by atoms with Crippen molar-refractivity contribution in [3.05, 3.63) is 95.4 Å². The smallest absolute Gasteiger partial charge is 0.323 e. The zero-order valence-corrected chi connectivity index (χ0v) is 31.1. The Morgan fingerprint density at radius 1 is 0.962 bits per heavy atom. The van der Waals surface area contributed by atoms with Gasteiger partial charge in [0.15, 0.2) is 5.65 Å². The van der Waals surface area contributed by atoms with Gasteiger partial charge in [0.2, 0.25) is 11.8 Å². The number of hydrogen-bond donors (Lipinski definition) is 4. The maximum atomic E-state index is 13.7. The van der Waals surface area contributed by atoms with Crippen molar-refractivity contribution < 1.29 is 14.8 Å². The van der Waals surface area contributed by atoms with E-state index in [1.807, 2.05) is 61.0 Å². The molecule has 274 valence electrons. The average molecular weight is 705 g/mol. The Morgan fingerprint density at radius 3 is 2.54 bits per heavy atom. The first kappa shape index (κ1) is 35.7. The average Bonchev–Trinajstić information content (AvgIpc) is 3.79. The number of amides is 2. The fourth-order valence-electron chi connectivity index (χ4n) is 7.68. The third kappa shape index (κ3) is 8.32. The third-order valence-electron chi connectivity index (χ3n) is 10.7. The van der Waals surface area contributed by atoms with E-state index >= 15 is 0 Å². The SMILES string of the molecule is CC1CCCCN1c1nnc2ccc(OC3CCC(NC(=O)NC(=CC(=N)C(C)(C)C)[NH2+]c4cccc(CN5CCCC5)c4)c4ccccc43)cn12. The van der Waals surface area contributed by atoms with E-state index < -0.39 is 0 Å². The highest BCUT2D eigenvalue weighted by Gasteiger charge is 2.31. The number of likely N-dealkylation sites (tertiary alicyclic amines) is 1. The molecule has 2 aromatic heterocycles. The monoisotopic (exact) mass is 704 g/mol. The predicted octanol–water partition coefficient (Wildman–Crippen LogP) is 6.76. The molecule has 11 heteroatoms. The summed E-state index contributed by atoms with van der Waals surface area (Å²) in [6, 6.07) is 20.6.